The quantitative estimate of drug-likeness (QED) is 0.580. The lowest BCUT2D eigenvalue weighted by atomic mass is 10.1. The molecule has 23 heavy (non-hydrogen) atoms. The number of fused-ring (bicyclic) bond motifs is 2. The summed E-state index contributed by atoms with van der Waals surface area (Å²) in [4.78, 5) is 9.11. The lowest BCUT2D eigenvalue weighted by molar-refractivity contribution is 0.848. The van der Waals surface area contributed by atoms with Crippen LogP contribution in [0.3, 0.4) is 0 Å². The number of pyridine rings is 2. The van der Waals surface area contributed by atoms with Gasteiger partial charge in [0.05, 0.1) is 22.3 Å². The Morgan fingerprint density at radius 2 is 1.91 bits per heavy atom. The minimum absolute atomic E-state index is 0. The van der Waals surface area contributed by atoms with Crippen LogP contribution < -0.4 is 5.73 Å². The molecule has 6 heteroatoms. The van der Waals surface area contributed by atoms with Crippen molar-refractivity contribution in [2.45, 2.75) is 13.8 Å². The van der Waals surface area contributed by atoms with Crippen molar-refractivity contribution in [2.75, 3.05) is 5.73 Å². The summed E-state index contributed by atoms with van der Waals surface area (Å²) >= 11 is 0. The first-order valence-corrected chi connectivity index (χ1v) is 7.12. The summed E-state index contributed by atoms with van der Waals surface area (Å²) < 4.78 is 1.75. The number of halogens is 1. The molecule has 0 radical (unpaired) electrons. The van der Waals surface area contributed by atoms with E-state index >= 15 is 0 Å². The monoisotopic (exact) mass is 325 g/mol. The predicted molar refractivity (Wildman–Crippen MR) is 95.3 cm³/mol. The molecule has 4 aromatic rings. The first-order chi connectivity index (χ1) is 10.6. The van der Waals surface area contributed by atoms with E-state index in [1.165, 1.54) is 0 Å². The topological polar surface area (TPSA) is 69.6 Å². The summed E-state index contributed by atoms with van der Waals surface area (Å²) in [5, 5.41) is 6.44. The van der Waals surface area contributed by atoms with Gasteiger partial charge in [0.2, 0.25) is 0 Å². The molecule has 5 nitrogen and oxygen atoms in total. The van der Waals surface area contributed by atoms with Crippen LogP contribution in [0.5, 0.6) is 0 Å². The van der Waals surface area contributed by atoms with E-state index in [9.17, 15) is 0 Å². The van der Waals surface area contributed by atoms with E-state index in [1.54, 1.807) is 10.9 Å². The van der Waals surface area contributed by atoms with E-state index in [0.717, 1.165) is 44.7 Å². The van der Waals surface area contributed by atoms with Crippen LogP contribution in [0.25, 0.3) is 27.8 Å². The Morgan fingerprint density at radius 3 is 2.65 bits per heavy atom. The number of nitrogens with zero attached hydrogens (tertiary/aromatic N) is 4. The smallest absolute Gasteiger partial charge is 0.167 e. The molecule has 0 aliphatic rings. The van der Waals surface area contributed by atoms with Gasteiger partial charge < -0.3 is 5.73 Å². The largest absolute Gasteiger partial charge is 0.398 e. The summed E-state index contributed by atoms with van der Waals surface area (Å²) in [5.41, 5.74) is 10.8. The average molecular weight is 326 g/mol. The number of aryl methyl sites for hydroxylation is 2. The molecule has 0 aliphatic carbocycles. The number of hydrogen-bond donors (Lipinski definition) is 1. The minimum Gasteiger partial charge on any atom is -0.398 e. The van der Waals surface area contributed by atoms with E-state index in [-0.39, 0.29) is 12.4 Å². The van der Waals surface area contributed by atoms with Crippen molar-refractivity contribution < 1.29 is 0 Å². The Kier molecular flexibility index (Phi) is 3.66. The van der Waals surface area contributed by atoms with Gasteiger partial charge in [0, 0.05) is 11.6 Å². The highest BCUT2D eigenvalue weighted by Crippen LogP contribution is 2.31. The highest BCUT2D eigenvalue weighted by molar-refractivity contribution is 6.06. The van der Waals surface area contributed by atoms with E-state index in [1.807, 2.05) is 44.2 Å². The molecular weight excluding hydrogens is 310 g/mol. The van der Waals surface area contributed by atoms with Crippen LogP contribution in [0.2, 0.25) is 0 Å². The highest BCUT2D eigenvalue weighted by Gasteiger charge is 2.16. The molecule has 116 valence electrons. The molecule has 0 saturated heterocycles. The molecule has 3 aromatic heterocycles. The maximum absolute atomic E-state index is 6.40. The molecular formula is C17H16ClN5. The van der Waals surface area contributed by atoms with Gasteiger partial charge in [-0.15, -0.1) is 12.4 Å². The van der Waals surface area contributed by atoms with Gasteiger partial charge in [0.25, 0.3) is 0 Å². The molecule has 0 spiro atoms. The number of anilines is 1. The lowest BCUT2D eigenvalue weighted by Gasteiger charge is -2.06. The van der Waals surface area contributed by atoms with Gasteiger partial charge in [0.15, 0.2) is 11.5 Å². The van der Waals surface area contributed by atoms with Crippen LogP contribution in [0, 0.1) is 13.8 Å². The Balaban J connectivity index is 0.00000156. The van der Waals surface area contributed by atoms with E-state index < -0.39 is 0 Å². The molecule has 1 aromatic carbocycles. The standard InChI is InChI=1S/C17H15N5.ClH/c1-10-6-7-13-12(9-10)16(18)15-11(2)21-22(17(15)20-13)14-5-3-4-8-19-14;/h3-9H,1-2H3,(H2,18,20);1H. The summed E-state index contributed by atoms with van der Waals surface area (Å²) in [6.45, 7) is 3.99. The third-order valence-corrected chi connectivity index (χ3v) is 3.84. The van der Waals surface area contributed by atoms with Gasteiger partial charge in [0.1, 0.15) is 0 Å². The maximum Gasteiger partial charge on any atom is 0.167 e. The number of hydrogen-bond acceptors (Lipinski definition) is 4. The highest BCUT2D eigenvalue weighted by atomic mass is 35.5. The fourth-order valence-electron chi connectivity index (χ4n) is 2.78. The number of nitrogens with two attached hydrogens (primary N) is 1. The van der Waals surface area contributed by atoms with E-state index in [2.05, 4.69) is 16.1 Å². The first-order valence-electron chi connectivity index (χ1n) is 7.12. The summed E-state index contributed by atoms with van der Waals surface area (Å²) in [6, 6.07) is 11.8. The summed E-state index contributed by atoms with van der Waals surface area (Å²) in [7, 11) is 0. The van der Waals surface area contributed by atoms with Crippen molar-refractivity contribution in [3.8, 4) is 5.82 Å². The minimum atomic E-state index is 0. The fraction of sp³-hybridized carbons (Fsp3) is 0.118. The Morgan fingerprint density at radius 1 is 1.09 bits per heavy atom. The molecule has 3 heterocycles. The zero-order valence-corrected chi connectivity index (χ0v) is 13.6. The lowest BCUT2D eigenvalue weighted by Crippen LogP contribution is -2.01. The SMILES string of the molecule is Cc1ccc2nc3c(c(C)nn3-c3ccccn3)c(N)c2c1.Cl. The second-order valence-corrected chi connectivity index (χ2v) is 5.43. The summed E-state index contributed by atoms with van der Waals surface area (Å²) in [6.07, 6.45) is 1.74. The fourth-order valence-corrected chi connectivity index (χ4v) is 2.78. The molecule has 2 N–H and O–H groups in total. The van der Waals surface area contributed by atoms with Gasteiger partial charge in [-0.05, 0) is 38.1 Å². The average Bonchev–Trinajstić information content (AvgIpc) is 2.86. The first kappa shape index (κ1) is 15.2. The third-order valence-electron chi connectivity index (χ3n) is 3.84. The second-order valence-electron chi connectivity index (χ2n) is 5.43. The Labute approximate surface area is 139 Å². The van der Waals surface area contributed by atoms with Crippen molar-refractivity contribution in [1.29, 1.82) is 0 Å². The third kappa shape index (κ3) is 2.29. The predicted octanol–water partition coefficient (Wildman–Crippen LogP) is 3.59. The molecule has 0 amide bonds. The van der Waals surface area contributed by atoms with Gasteiger partial charge in [-0.3, -0.25) is 0 Å². The Hall–Kier alpha value is -2.66. The van der Waals surface area contributed by atoms with Gasteiger partial charge in [-0.2, -0.15) is 9.78 Å². The van der Waals surface area contributed by atoms with Crippen molar-refractivity contribution in [3.05, 3.63) is 53.9 Å². The zero-order valence-electron chi connectivity index (χ0n) is 12.8. The van der Waals surface area contributed by atoms with Crippen molar-refractivity contribution in [1.82, 2.24) is 19.7 Å². The Bertz CT molecular complexity index is 1010. The molecule has 0 bridgehead atoms. The summed E-state index contributed by atoms with van der Waals surface area (Å²) in [5.74, 6) is 0.735. The zero-order chi connectivity index (χ0) is 15.3. The molecule has 0 atom stereocenters. The van der Waals surface area contributed by atoms with E-state index in [4.69, 9.17) is 10.7 Å². The van der Waals surface area contributed by atoms with E-state index in [0.29, 0.717) is 0 Å². The van der Waals surface area contributed by atoms with Crippen LogP contribution in [0.1, 0.15) is 11.3 Å². The number of benzene rings is 1. The van der Waals surface area contributed by atoms with Crippen LogP contribution in [-0.2, 0) is 0 Å². The van der Waals surface area contributed by atoms with Crippen LogP contribution in [-0.4, -0.2) is 19.7 Å². The number of nitrogen functional groups attached to an aromatic ring is 1. The molecule has 4 rings (SSSR count). The second kappa shape index (κ2) is 5.52. The molecule has 0 aliphatic heterocycles. The molecule has 0 unspecified atom stereocenters. The number of aromatic nitrogens is 4. The number of rotatable bonds is 1. The van der Waals surface area contributed by atoms with Gasteiger partial charge in [-0.1, -0.05) is 17.7 Å². The maximum atomic E-state index is 6.40. The molecule has 0 saturated carbocycles. The van der Waals surface area contributed by atoms with Crippen molar-refractivity contribution >= 4 is 40.0 Å². The normalized spacial score (nSPS) is 10.9. The van der Waals surface area contributed by atoms with Crippen LogP contribution in [0.15, 0.2) is 42.6 Å². The van der Waals surface area contributed by atoms with Gasteiger partial charge >= 0.3 is 0 Å². The van der Waals surface area contributed by atoms with Crippen LogP contribution >= 0.6 is 12.4 Å². The van der Waals surface area contributed by atoms with Gasteiger partial charge in [-0.25, -0.2) is 9.97 Å². The van der Waals surface area contributed by atoms with Crippen molar-refractivity contribution in [3.63, 3.8) is 0 Å². The van der Waals surface area contributed by atoms with Crippen molar-refractivity contribution in [2.24, 2.45) is 0 Å². The van der Waals surface area contributed by atoms with Crippen LogP contribution in [0.4, 0.5) is 5.69 Å². The molecule has 0 fully saturated rings.